The van der Waals surface area contributed by atoms with Crippen molar-refractivity contribution in [1.29, 1.82) is 0 Å². The molecule has 1 saturated heterocycles. The average Bonchev–Trinajstić information content (AvgIpc) is 3.22. The Balaban J connectivity index is 1.37. The Hall–Kier alpha value is -4.20. The number of nitrogens with zero attached hydrogens (tertiary/aromatic N) is 2. The lowest BCUT2D eigenvalue weighted by atomic mass is 9.98. The number of carboxylic acid groups (broad SMARTS) is 1. The van der Waals surface area contributed by atoms with Crippen LogP contribution in [0, 0.1) is 33.6 Å². The van der Waals surface area contributed by atoms with E-state index in [2.05, 4.69) is 15.6 Å². The highest BCUT2D eigenvalue weighted by atomic mass is 16.4. The molecule has 3 aromatic rings. The molecule has 2 atom stereocenters. The molecule has 0 bridgehead atoms. The van der Waals surface area contributed by atoms with Crippen LogP contribution < -0.4 is 15.5 Å². The molecule has 2 aromatic carbocycles. The van der Waals surface area contributed by atoms with E-state index in [4.69, 9.17) is 0 Å². The zero-order chi connectivity index (χ0) is 27.4. The molecular weight excluding hydrogens is 480 g/mol. The van der Waals surface area contributed by atoms with Crippen LogP contribution in [0.3, 0.4) is 0 Å². The summed E-state index contributed by atoms with van der Waals surface area (Å²) >= 11 is 0. The van der Waals surface area contributed by atoms with E-state index in [1.807, 2.05) is 76.2 Å². The quantitative estimate of drug-likeness (QED) is 0.395. The molecule has 2 heterocycles. The molecular formula is C30H34N4O4. The second-order valence-corrected chi connectivity index (χ2v) is 10.2. The molecule has 0 saturated carbocycles. The summed E-state index contributed by atoms with van der Waals surface area (Å²) in [7, 11) is 0. The van der Waals surface area contributed by atoms with Gasteiger partial charge in [-0.25, -0.2) is 9.78 Å². The fourth-order valence-corrected chi connectivity index (χ4v) is 5.07. The maximum atomic E-state index is 12.9. The normalized spacial score (nSPS) is 15.8. The van der Waals surface area contributed by atoms with Gasteiger partial charge in [0, 0.05) is 49.3 Å². The van der Waals surface area contributed by atoms with E-state index in [0.717, 1.165) is 39.3 Å². The van der Waals surface area contributed by atoms with E-state index < -0.39 is 17.9 Å². The molecule has 0 spiro atoms. The van der Waals surface area contributed by atoms with Crippen LogP contribution in [0.1, 0.15) is 44.6 Å². The van der Waals surface area contributed by atoms with Crippen molar-refractivity contribution in [1.82, 2.24) is 10.3 Å². The number of aromatic nitrogens is 1. The van der Waals surface area contributed by atoms with E-state index in [0.29, 0.717) is 25.1 Å². The average molecular weight is 515 g/mol. The summed E-state index contributed by atoms with van der Waals surface area (Å²) < 4.78 is 0. The zero-order valence-electron chi connectivity index (χ0n) is 22.2. The first kappa shape index (κ1) is 26.9. The first-order valence-electron chi connectivity index (χ1n) is 12.8. The van der Waals surface area contributed by atoms with Gasteiger partial charge in [-0.05, 0) is 74.2 Å². The van der Waals surface area contributed by atoms with E-state index in [9.17, 15) is 19.5 Å². The van der Waals surface area contributed by atoms with E-state index in [1.165, 1.54) is 0 Å². The van der Waals surface area contributed by atoms with Crippen LogP contribution in [0.2, 0.25) is 0 Å². The SMILES string of the molecule is Cc1ccnc(NCC2CC(=O)N(c3ccc(CC(NC(=O)c4c(C)cc(C)cc4C)C(=O)O)cc3)C2)c1. The van der Waals surface area contributed by atoms with E-state index in [1.54, 1.807) is 11.1 Å². The molecule has 1 aliphatic rings. The van der Waals surface area contributed by atoms with Crippen molar-refractivity contribution in [2.24, 2.45) is 5.92 Å². The predicted molar refractivity (Wildman–Crippen MR) is 148 cm³/mol. The molecule has 0 radical (unpaired) electrons. The molecule has 1 aliphatic heterocycles. The lowest BCUT2D eigenvalue weighted by molar-refractivity contribution is -0.139. The van der Waals surface area contributed by atoms with Gasteiger partial charge < -0.3 is 20.6 Å². The van der Waals surface area contributed by atoms with Gasteiger partial charge in [-0.3, -0.25) is 9.59 Å². The first-order chi connectivity index (χ1) is 18.1. The third-order valence-electron chi connectivity index (χ3n) is 6.89. The number of carboxylic acids is 1. The Morgan fingerprint density at radius 3 is 2.34 bits per heavy atom. The van der Waals surface area contributed by atoms with E-state index >= 15 is 0 Å². The Bertz CT molecular complexity index is 1330. The second-order valence-electron chi connectivity index (χ2n) is 10.2. The number of carbonyl (C=O) groups excluding carboxylic acids is 2. The highest BCUT2D eigenvalue weighted by Gasteiger charge is 2.30. The van der Waals surface area contributed by atoms with E-state index in [-0.39, 0.29) is 18.2 Å². The molecule has 198 valence electrons. The number of benzene rings is 2. The van der Waals surface area contributed by atoms with Gasteiger partial charge in [0.1, 0.15) is 11.9 Å². The molecule has 38 heavy (non-hydrogen) atoms. The predicted octanol–water partition coefficient (Wildman–Crippen LogP) is 4.21. The Labute approximate surface area is 223 Å². The molecule has 8 heteroatoms. The minimum absolute atomic E-state index is 0.0567. The maximum Gasteiger partial charge on any atom is 0.326 e. The van der Waals surface area contributed by atoms with Crippen molar-refractivity contribution in [3.63, 3.8) is 0 Å². The Morgan fingerprint density at radius 2 is 1.71 bits per heavy atom. The Kier molecular flexibility index (Phi) is 8.10. The summed E-state index contributed by atoms with van der Waals surface area (Å²) in [6.45, 7) is 8.92. The summed E-state index contributed by atoms with van der Waals surface area (Å²) in [4.78, 5) is 43.7. The topological polar surface area (TPSA) is 112 Å². The van der Waals surface area contributed by atoms with Crippen molar-refractivity contribution in [3.05, 3.63) is 88.1 Å². The largest absolute Gasteiger partial charge is 0.480 e. The number of amides is 2. The van der Waals surface area contributed by atoms with Crippen LogP contribution >= 0.6 is 0 Å². The summed E-state index contributed by atoms with van der Waals surface area (Å²) in [5.41, 5.74) is 5.84. The third-order valence-corrected chi connectivity index (χ3v) is 6.89. The third kappa shape index (κ3) is 6.37. The van der Waals surface area contributed by atoms with Gasteiger partial charge in [-0.2, -0.15) is 0 Å². The highest BCUT2D eigenvalue weighted by molar-refractivity contribution is 5.99. The van der Waals surface area contributed by atoms with Gasteiger partial charge in [0.2, 0.25) is 5.91 Å². The van der Waals surface area contributed by atoms with Crippen molar-refractivity contribution in [2.75, 3.05) is 23.3 Å². The molecule has 2 amide bonds. The van der Waals surface area contributed by atoms with Crippen LogP contribution in [-0.2, 0) is 16.0 Å². The van der Waals surface area contributed by atoms with Crippen LogP contribution in [0.25, 0.3) is 0 Å². The summed E-state index contributed by atoms with van der Waals surface area (Å²) in [5.74, 6) is -0.482. The summed E-state index contributed by atoms with van der Waals surface area (Å²) in [6.07, 6.45) is 2.34. The van der Waals surface area contributed by atoms with Crippen LogP contribution in [0.4, 0.5) is 11.5 Å². The minimum Gasteiger partial charge on any atom is -0.480 e. The number of anilines is 2. The van der Waals surface area contributed by atoms with Gasteiger partial charge in [-0.15, -0.1) is 0 Å². The van der Waals surface area contributed by atoms with Crippen molar-refractivity contribution < 1.29 is 19.5 Å². The fourth-order valence-electron chi connectivity index (χ4n) is 5.07. The first-order valence-corrected chi connectivity index (χ1v) is 12.8. The van der Waals surface area contributed by atoms with Gasteiger partial charge in [0.05, 0.1) is 0 Å². The van der Waals surface area contributed by atoms with Crippen LogP contribution in [0.5, 0.6) is 0 Å². The number of aryl methyl sites for hydroxylation is 4. The molecule has 8 nitrogen and oxygen atoms in total. The van der Waals surface area contributed by atoms with Crippen LogP contribution in [0.15, 0.2) is 54.7 Å². The van der Waals surface area contributed by atoms with Crippen LogP contribution in [-0.4, -0.2) is 47.0 Å². The minimum atomic E-state index is -1.10. The molecule has 3 N–H and O–H groups in total. The second kappa shape index (κ2) is 11.5. The smallest absolute Gasteiger partial charge is 0.326 e. The van der Waals surface area contributed by atoms with Crippen molar-refractivity contribution in [3.8, 4) is 0 Å². The number of pyridine rings is 1. The fraction of sp³-hybridized carbons (Fsp3) is 0.333. The zero-order valence-corrected chi connectivity index (χ0v) is 22.2. The monoisotopic (exact) mass is 514 g/mol. The standard InChI is InChI=1S/C30H34N4O4/c1-18-9-10-31-26(13-18)32-16-23-15-27(35)34(17-23)24-7-5-22(6-8-24)14-25(30(37)38)33-29(36)28-20(3)11-19(2)12-21(28)4/h5-13,23,25H,14-17H2,1-4H3,(H,31,32)(H,33,36)(H,37,38). The molecule has 2 unspecified atom stereocenters. The number of hydrogen-bond acceptors (Lipinski definition) is 5. The van der Waals surface area contributed by atoms with Gasteiger partial charge in [0.15, 0.2) is 0 Å². The molecule has 4 rings (SSSR count). The van der Waals surface area contributed by atoms with Gasteiger partial charge in [0.25, 0.3) is 5.91 Å². The molecule has 1 fully saturated rings. The van der Waals surface area contributed by atoms with Gasteiger partial charge in [-0.1, -0.05) is 29.8 Å². The number of hydrogen-bond donors (Lipinski definition) is 3. The number of aliphatic carboxylic acids is 1. The number of rotatable bonds is 9. The summed E-state index contributed by atoms with van der Waals surface area (Å²) in [6, 6.07) is 14.0. The lowest BCUT2D eigenvalue weighted by Crippen LogP contribution is -2.42. The Morgan fingerprint density at radius 1 is 1.03 bits per heavy atom. The number of nitrogens with one attached hydrogen (secondary N) is 2. The maximum absolute atomic E-state index is 12.9. The van der Waals surface area contributed by atoms with Crippen molar-refractivity contribution >= 4 is 29.3 Å². The molecule has 0 aliphatic carbocycles. The lowest BCUT2D eigenvalue weighted by Gasteiger charge is -2.19. The number of carbonyl (C=O) groups is 3. The highest BCUT2D eigenvalue weighted by Crippen LogP contribution is 2.26. The van der Waals surface area contributed by atoms with Crippen molar-refractivity contribution in [2.45, 2.75) is 46.6 Å². The summed E-state index contributed by atoms with van der Waals surface area (Å²) in [5, 5.41) is 15.8. The van der Waals surface area contributed by atoms with Gasteiger partial charge >= 0.3 is 5.97 Å². The molecule has 1 aromatic heterocycles.